The van der Waals surface area contributed by atoms with Crippen LogP contribution in [0.25, 0.3) is 16.0 Å². The highest BCUT2D eigenvalue weighted by molar-refractivity contribution is 7.22. The van der Waals surface area contributed by atoms with Gasteiger partial charge in [-0.3, -0.25) is 14.5 Å². The number of aliphatic hydroxyl groups excluding tert-OH is 1. The predicted octanol–water partition coefficient (Wildman–Crippen LogP) is 6.08. The van der Waals surface area contributed by atoms with Crippen molar-refractivity contribution in [3.63, 3.8) is 0 Å². The van der Waals surface area contributed by atoms with Gasteiger partial charge in [0.2, 0.25) is 0 Å². The molecule has 5 rings (SSSR count). The van der Waals surface area contributed by atoms with E-state index in [9.17, 15) is 19.1 Å². The Kier molecular flexibility index (Phi) is 6.05. The fourth-order valence-corrected chi connectivity index (χ4v) is 5.40. The summed E-state index contributed by atoms with van der Waals surface area (Å²) in [7, 11) is 0. The lowest BCUT2D eigenvalue weighted by atomic mass is 9.93. The SMILES string of the molecule is CCOc1ccc2nc(N3C(=O)C(=O)C(=C(O)c4cc(C)ccc4C)C3c3ccc(F)cc3)sc2c1. The normalized spacial score (nSPS) is 17.2. The van der Waals surface area contributed by atoms with Crippen molar-refractivity contribution in [2.45, 2.75) is 26.8 Å². The summed E-state index contributed by atoms with van der Waals surface area (Å²) in [5.74, 6) is -1.68. The number of benzene rings is 3. The molecule has 36 heavy (non-hydrogen) atoms. The molecule has 1 saturated heterocycles. The predicted molar refractivity (Wildman–Crippen MR) is 138 cm³/mol. The molecule has 1 aliphatic heterocycles. The Morgan fingerprint density at radius 2 is 1.83 bits per heavy atom. The van der Waals surface area contributed by atoms with Gasteiger partial charge < -0.3 is 9.84 Å². The van der Waals surface area contributed by atoms with E-state index in [1.54, 1.807) is 18.2 Å². The molecule has 1 aromatic heterocycles. The van der Waals surface area contributed by atoms with Gasteiger partial charge in [0.1, 0.15) is 17.3 Å². The van der Waals surface area contributed by atoms with Crippen LogP contribution in [0.2, 0.25) is 0 Å². The van der Waals surface area contributed by atoms with Gasteiger partial charge in [0, 0.05) is 5.56 Å². The van der Waals surface area contributed by atoms with Gasteiger partial charge in [0.15, 0.2) is 5.13 Å². The number of Topliss-reactive ketones (excluding diaryl/α,β-unsaturated/α-hetero) is 1. The van der Waals surface area contributed by atoms with E-state index >= 15 is 0 Å². The molecule has 182 valence electrons. The number of rotatable bonds is 5. The number of ether oxygens (including phenoxy) is 1. The fraction of sp³-hybridized carbons (Fsp3) is 0.179. The number of carbonyl (C=O) groups is 2. The minimum absolute atomic E-state index is 0.0606. The zero-order valence-corrected chi connectivity index (χ0v) is 20.7. The van der Waals surface area contributed by atoms with Gasteiger partial charge in [-0.15, -0.1) is 0 Å². The van der Waals surface area contributed by atoms with Gasteiger partial charge in [-0.25, -0.2) is 9.37 Å². The molecule has 1 aliphatic rings. The van der Waals surface area contributed by atoms with E-state index in [-0.39, 0.29) is 11.3 Å². The van der Waals surface area contributed by atoms with Crippen LogP contribution < -0.4 is 9.64 Å². The van der Waals surface area contributed by atoms with Gasteiger partial charge in [-0.2, -0.15) is 0 Å². The van der Waals surface area contributed by atoms with Crippen molar-refractivity contribution in [2.24, 2.45) is 0 Å². The molecule has 1 fully saturated rings. The third-order valence-electron chi connectivity index (χ3n) is 6.14. The van der Waals surface area contributed by atoms with Crippen molar-refractivity contribution in [3.05, 3.63) is 94.3 Å². The van der Waals surface area contributed by atoms with Gasteiger partial charge in [0.25, 0.3) is 5.78 Å². The zero-order chi connectivity index (χ0) is 25.6. The Labute approximate surface area is 211 Å². The standard InChI is InChI=1S/C28H23FN2O4S/c1-4-35-19-11-12-21-22(14-19)36-28(30-21)31-24(17-7-9-18(29)10-8-17)23(26(33)27(31)34)25(32)20-13-15(2)5-6-16(20)3/h5-14,24,32H,4H2,1-3H3. The number of nitrogens with zero attached hydrogens (tertiary/aromatic N) is 2. The molecule has 0 spiro atoms. The maximum Gasteiger partial charge on any atom is 0.301 e. The monoisotopic (exact) mass is 502 g/mol. The molecule has 3 aromatic carbocycles. The summed E-state index contributed by atoms with van der Waals surface area (Å²) in [6, 6.07) is 15.5. The highest BCUT2D eigenvalue weighted by Gasteiger charge is 2.48. The molecule has 0 aliphatic carbocycles. The summed E-state index contributed by atoms with van der Waals surface area (Å²) < 4.78 is 20.1. The Hall–Kier alpha value is -4.04. The number of hydrogen-bond donors (Lipinski definition) is 1. The first-order valence-corrected chi connectivity index (χ1v) is 12.3. The smallest absolute Gasteiger partial charge is 0.301 e. The number of carbonyl (C=O) groups excluding carboxylic acids is 2. The van der Waals surface area contributed by atoms with Crippen LogP contribution in [0.3, 0.4) is 0 Å². The number of aryl methyl sites for hydroxylation is 2. The summed E-state index contributed by atoms with van der Waals surface area (Å²) in [5, 5.41) is 11.7. The number of hydrogen-bond acceptors (Lipinski definition) is 6. The largest absolute Gasteiger partial charge is 0.507 e. The van der Waals surface area contributed by atoms with Crippen LogP contribution in [0.15, 0.2) is 66.2 Å². The van der Waals surface area contributed by atoms with E-state index < -0.39 is 23.5 Å². The molecule has 0 bridgehead atoms. The minimum atomic E-state index is -0.975. The summed E-state index contributed by atoms with van der Waals surface area (Å²) in [5.41, 5.74) is 3.18. The van der Waals surface area contributed by atoms with Gasteiger partial charge in [-0.05, 0) is 68.3 Å². The van der Waals surface area contributed by atoms with E-state index in [1.807, 2.05) is 39.0 Å². The number of halogens is 1. The van der Waals surface area contributed by atoms with Crippen molar-refractivity contribution >= 4 is 44.1 Å². The Morgan fingerprint density at radius 1 is 1.08 bits per heavy atom. The molecule has 6 nitrogen and oxygen atoms in total. The molecule has 8 heteroatoms. The van der Waals surface area contributed by atoms with Gasteiger partial charge in [-0.1, -0.05) is 41.2 Å². The Bertz CT molecular complexity index is 1540. The maximum absolute atomic E-state index is 13.8. The summed E-state index contributed by atoms with van der Waals surface area (Å²) in [4.78, 5) is 32.7. The molecular weight excluding hydrogens is 479 g/mol. The third kappa shape index (κ3) is 4.03. The van der Waals surface area contributed by atoms with Crippen molar-refractivity contribution in [2.75, 3.05) is 11.5 Å². The molecule has 1 amide bonds. The third-order valence-corrected chi connectivity index (χ3v) is 7.16. The Balaban J connectivity index is 1.72. The van der Waals surface area contributed by atoms with Crippen molar-refractivity contribution in [3.8, 4) is 5.75 Å². The second kappa shape index (κ2) is 9.20. The van der Waals surface area contributed by atoms with Crippen LogP contribution in [0.1, 0.15) is 35.2 Å². The topological polar surface area (TPSA) is 79.7 Å². The van der Waals surface area contributed by atoms with Crippen LogP contribution >= 0.6 is 11.3 Å². The lowest BCUT2D eigenvalue weighted by Gasteiger charge is -2.23. The first-order valence-electron chi connectivity index (χ1n) is 11.5. The van der Waals surface area contributed by atoms with Crippen molar-refractivity contribution < 1.29 is 23.8 Å². The van der Waals surface area contributed by atoms with E-state index in [2.05, 4.69) is 4.98 Å². The number of fused-ring (bicyclic) bond motifs is 1. The number of amides is 1. The second-order valence-corrected chi connectivity index (χ2v) is 9.61. The zero-order valence-electron chi connectivity index (χ0n) is 19.9. The number of thiazole rings is 1. The molecule has 1 atom stereocenters. The van der Waals surface area contributed by atoms with Gasteiger partial charge in [0.05, 0.1) is 28.4 Å². The fourth-order valence-electron chi connectivity index (χ4n) is 4.38. The molecule has 0 radical (unpaired) electrons. The number of aromatic nitrogens is 1. The quantitative estimate of drug-likeness (QED) is 0.203. The number of ketones is 1. The first-order chi connectivity index (χ1) is 17.3. The summed E-state index contributed by atoms with van der Waals surface area (Å²) >= 11 is 1.24. The minimum Gasteiger partial charge on any atom is -0.507 e. The highest BCUT2D eigenvalue weighted by atomic mass is 32.1. The van der Waals surface area contributed by atoms with E-state index in [0.29, 0.717) is 34.1 Å². The Morgan fingerprint density at radius 3 is 2.56 bits per heavy atom. The van der Waals surface area contributed by atoms with Crippen LogP contribution in [-0.2, 0) is 9.59 Å². The lowest BCUT2D eigenvalue weighted by molar-refractivity contribution is -0.132. The van der Waals surface area contributed by atoms with Crippen LogP contribution in [0.4, 0.5) is 9.52 Å². The maximum atomic E-state index is 13.8. The summed E-state index contributed by atoms with van der Waals surface area (Å²) in [6.45, 7) is 6.10. The number of anilines is 1. The van der Waals surface area contributed by atoms with Crippen LogP contribution in [0, 0.1) is 19.7 Å². The molecule has 4 aromatic rings. The molecular formula is C28H23FN2O4S. The van der Waals surface area contributed by atoms with Gasteiger partial charge >= 0.3 is 5.91 Å². The van der Waals surface area contributed by atoms with E-state index in [0.717, 1.165) is 15.8 Å². The molecule has 0 saturated carbocycles. The highest BCUT2D eigenvalue weighted by Crippen LogP contribution is 2.45. The average Bonchev–Trinajstić information content (AvgIpc) is 3.39. The lowest BCUT2D eigenvalue weighted by Crippen LogP contribution is -2.29. The summed E-state index contributed by atoms with van der Waals surface area (Å²) in [6.07, 6.45) is 0. The second-order valence-electron chi connectivity index (χ2n) is 8.60. The van der Waals surface area contributed by atoms with Crippen molar-refractivity contribution in [1.82, 2.24) is 4.98 Å². The van der Waals surface area contributed by atoms with Crippen molar-refractivity contribution in [1.29, 1.82) is 0 Å². The average molecular weight is 503 g/mol. The van der Waals surface area contributed by atoms with E-state index in [1.165, 1.54) is 40.5 Å². The van der Waals surface area contributed by atoms with E-state index in [4.69, 9.17) is 4.74 Å². The molecule has 2 heterocycles. The van der Waals surface area contributed by atoms with Crippen LogP contribution in [0.5, 0.6) is 5.75 Å². The first kappa shape index (κ1) is 23.7. The van der Waals surface area contributed by atoms with Crippen LogP contribution in [-0.4, -0.2) is 28.4 Å². The number of aliphatic hydroxyl groups is 1. The molecule has 1 N–H and O–H groups in total. The molecule has 1 unspecified atom stereocenters.